The van der Waals surface area contributed by atoms with E-state index in [0.717, 1.165) is 77.2 Å². The van der Waals surface area contributed by atoms with Crippen LogP contribution in [-0.4, -0.2) is 11.6 Å². The van der Waals surface area contributed by atoms with Crippen molar-refractivity contribution in [2.75, 3.05) is 0 Å². The van der Waals surface area contributed by atoms with Gasteiger partial charge in [0.2, 0.25) is 0 Å². The highest BCUT2D eigenvalue weighted by molar-refractivity contribution is 6.26. The van der Waals surface area contributed by atoms with E-state index in [4.69, 9.17) is 0 Å². The Morgan fingerprint density at radius 1 is 0.389 bits per heavy atom. The molecule has 2 aliphatic carbocycles. The van der Waals surface area contributed by atoms with E-state index in [1.54, 1.807) is 0 Å². The van der Waals surface area contributed by atoms with Gasteiger partial charge < -0.3 is 0 Å². The number of rotatable bonds is 0. The number of hydrogen-bond donors (Lipinski definition) is 0. The van der Waals surface area contributed by atoms with Crippen LogP contribution in [-0.2, 0) is 10.8 Å². The maximum atomic E-state index is 14.0. The van der Waals surface area contributed by atoms with Crippen molar-refractivity contribution in [3.63, 3.8) is 0 Å². The first-order valence-corrected chi connectivity index (χ1v) is 18.5. The molecule has 9 rings (SSSR count). The zero-order valence-corrected chi connectivity index (χ0v) is 31.4. The quantitative estimate of drug-likeness (QED) is 0.148. The Morgan fingerprint density at radius 2 is 0.796 bits per heavy atom. The highest BCUT2D eigenvalue weighted by atomic mass is 16.1. The summed E-state index contributed by atoms with van der Waals surface area (Å²) in [5, 5.41) is 4.08. The fourth-order valence-corrected chi connectivity index (χ4v) is 7.93. The smallest absolute Gasteiger partial charge is 0.195 e. The molecule has 0 amide bonds. The van der Waals surface area contributed by atoms with Crippen LogP contribution in [0.3, 0.4) is 0 Å². The molecule has 7 aromatic rings. The topological polar surface area (TPSA) is 34.1 Å². The van der Waals surface area contributed by atoms with Gasteiger partial charge in [0.25, 0.3) is 0 Å². The van der Waals surface area contributed by atoms with Gasteiger partial charge in [-0.1, -0.05) is 144 Å². The molecular weight excluding hydrogens is 657 g/mol. The van der Waals surface area contributed by atoms with Crippen LogP contribution in [0.4, 0.5) is 0 Å². The average Bonchev–Trinajstić information content (AvgIpc) is 3.60. The number of ketones is 2. The van der Waals surface area contributed by atoms with Gasteiger partial charge in [0.05, 0.1) is 0 Å². The molecule has 0 fully saturated rings. The number of carbonyl (C=O) groups excluding carboxylic acids is 2. The fraction of sp³-hybridized carbons (Fsp3) is 0.154. The van der Waals surface area contributed by atoms with Gasteiger partial charge in [-0.2, -0.15) is 0 Å². The van der Waals surface area contributed by atoms with Crippen LogP contribution in [0.5, 0.6) is 0 Å². The lowest BCUT2D eigenvalue weighted by molar-refractivity contribution is 0.103. The first kappa shape index (κ1) is 33.4. The minimum absolute atomic E-state index is 0.0153. The molecule has 0 unspecified atom stereocenters. The zero-order chi connectivity index (χ0) is 37.5. The molecule has 0 bridgehead atoms. The third-order valence-corrected chi connectivity index (χ3v) is 10.9. The van der Waals surface area contributed by atoms with Gasteiger partial charge in [0.15, 0.2) is 11.6 Å². The number of fused-ring (bicyclic) bond motifs is 8. The van der Waals surface area contributed by atoms with Crippen molar-refractivity contribution in [2.24, 2.45) is 0 Å². The van der Waals surface area contributed by atoms with Gasteiger partial charge in [0.1, 0.15) is 0 Å². The van der Waals surface area contributed by atoms with E-state index in [2.05, 4.69) is 114 Å². The highest BCUT2D eigenvalue weighted by Gasteiger charge is 2.32. The summed E-state index contributed by atoms with van der Waals surface area (Å²) in [5.41, 5.74) is 11.9. The number of carbonyl (C=O) groups is 2. The zero-order valence-electron chi connectivity index (χ0n) is 31.4. The predicted octanol–water partition coefficient (Wildman–Crippen LogP) is 11.8. The van der Waals surface area contributed by atoms with E-state index in [9.17, 15) is 9.59 Å². The summed E-state index contributed by atoms with van der Waals surface area (Å²) in [4.78, 5) is 27.9. The first-order valence-electron chi connectivity index (χ1n) is 18.5. The molecule has 0 radical (unpaired) electrons. The van der Waals surface area contributed by atoms with Gasteiger partial charge in [-0.15, -0.1) is 0 Å². The number of benzene rings is 7. The molecule has 0 saturated heterocycles. The molecule has 258 valence electrons. The van der Waals surface area contributed by atoms with Crippen molar-refractivity contribution in [3.05, 3.63) is 177 Å². The summed E-state index contributed by atoms with van der Waals surface area (Å²) in [6.07, 6.45) is 0. The summed E-state index contributed by atoms with van der Waals surface area (Å²) >= 11 is 0. The molecule has 0 N–H and O–H groups in total. The molecular formula is C52H38O2. The normalized spacial score (nSPS) is 12.8. The van der Waals surface area contributed by atoms with E-state index in [-0.39, 0.29) is 22.4 Å². The second-order valence-electron chi connectivity index (χ2n) is 16.6. The van der Waals surface area contributed by atoms with Crippen molar-refractivity contribution in [1.29, 1.82) is 0 Å². The van der Waals surface area contributed by atoms with Crippen LogP contribution >= 0.6 is 0 Å². The minimum atomic E-state index is -0.0657. The minimum Gasteiger partial charge on any atom is -0.289 e. The lowest BCUT2D eigenvalue weighted by atomic mass is 9.84. The summed E-state index contributed by atoms with van der Waals surface area (Å²) in [5.74, 6) is 13.8. The summed E-state index contributed by atoms with van der Waals surface area (Å²) in [6, 6.07) is 40.9. The van der Waals surface area contributed by atoms with E-state index in [1.807, 2.05) is 72.8 Å². The molecule has 0 aromatic heterocycles. The van der Waals surface area contributed by atoms with E-state index in [1.165, 1.54) is 11.1 Å². The molecule has 0 atom stereocenters. The second kappa shape index (κ2) is 12.0. The van der Waals surface area contributed by atoms with Gasteiger partial charge in [-0.25, -0.2) is 0 Å². The van der Waals surface area contributed by atoms with Crippen LogP contribution < -0.4 is 0 Å². The molecule has 2 nitrogen and oxygen atoms in total. The molecule has 0 saturated carbocycles. The monoisotopic (exact) mass is 694 g/mol. The molecule has 0 aliphatic heterocycles. The van der Waals surface area contributed by atoms with E-state index < -0.39 is 0 Å². The Hall–Kier alpha value is -6.48. The molecule has 0 heterocycles. The van der Waals surface area contributed by atoms with Crippen molar-refractivity contribution in [1.82, 2.24) is 0 Å². The fourth-order valence-electron chi connectivity index (χ4n) is 7.93. The van der Waals surface area contributed by atoms with Gasteiger partial charge in [0, 0.05) is 44.5 Å². The van der Waals surface area contributed by atoms with Crippen LogP contribution in [0.2, 0.25) is 0 Å². The second-order valence-corrected chi connectivity index (χ2v) is 16.6. The molecule has 2 aliphatic rings. The molecule has 54 heavy (non-hydrogen) atoms. The van der Waals surface area contributed by atoms with Crippen LogP contribution in [0.25, 0.3) is 43.8 Å². The Morgan fingerprint density at radius 3 is 1.20 bits per heavy atom. The predicted molar refractivity (Wildman–Crippen MR) is 221 cm³/mol. The Bertz CT molecular complexity index is 2740. The average molecular weight is 695 g/mol. The molecule has 7 aromatic carbocycles. The molecule has 2 heteroatoms. The van der Waals surface area contributed by atoms with E-state index in [0.29, 0.717) is 11.1 Å². The maximum Gasteiger partial charge on any atom is 0.195 e. The van der Waals surface area contributed by atoms with Gasteiger partial charge in [-0.05, 0) is 108 Å². The summed E-state index contributed by atoms with van der Waals surface area (Å²) < 4.78 is 0. The van der Waals surface area contributed by atoms with E-state index >= 15 is 0 Å². The van der Waals surface area contributed by atoms with Crippen molar-refractivity contribution >= 4 is 33.1 Å². The van der Waals surface area contributed by atoms with Crippen LogP contribution in [0.1, 0.15) is 107 Å². The lowest BCUT2D eigenvalue weighted by Gasteiger charge is -2.20. The van der Waals surface area contributed by atoms with Crippen LogP contribution in [0.15, 0.2) is 121 Å². The third-order valence-electron chi connectivity index (χ3n) is 10.9. The SMILES string of the molecule is CC(C)(C)c1ccc2cc3c(c(C#Cc4cccc(C#Cc5c6c(cc7ccc(C(C)(C)C)cc57)-c5ccccc5C6=O)c4)c2c1)C(=O)c1ccccc1-3. The highest BCUT2D eigenvalue weighted by Crippen LogP contribution is 2.44. The largest absolute Gasteiger partial charge is 0.289 e. The van der Waals surface area contributed by atoms with Crippen LogP contribution in [0, 0.1) is 23.7 Å². The van der Waals surface area contributed by atoms with Gasteiger partial charge in [-0.3, -0.25) is 9.59 Å². The molecule has 0 spiro atoms. The summed E-state index contributed by atoms with van der Waals surface area (Å²) in [7, 11) is 0. The maximum absolute atomic E-state index is 14.0. The van der Waals surface area contributed by atoms with Crippen molar-refractivity contribution in [2.45, 2.75) is 52.4 Å². The first-order chi connectivity index (χ1) is 25.9. The lowest BCUT2D eigenvalue weighted by Crippen LogP contribution is -2.11. The van der Waals surface area contributed by atoms with Crippen molar-refractivity contribution < 1.29 is 9.59 Å². The third kappa shape index (κ3) is 5.38. The summed E-state index contributed by atoms with van der Waals surface area (Å²) in [6.45, 7) is 13.2. The van der Waals surface area contributed by atoms with Gasteiger partial charge >= 0.3 is 0 Å². The number of hydrogen-bond acceptors (Lipinski definition) is 2. The Balaban J connectivity index is 1.19. The Kier molecular flexibility index (Phi) is 7.43. The van der Waals surface area contributed by atoms with Crippen molar-refractivity contribution in [3.8, 4) is 45.9 Å². The Labute approximate surface area is 316 Å². The standard InChI is InChI=1S/C52H38O2/c1-51(2,3)35-22-20-33-27-45-37-14-7-9-16-41(37)49(53)47(45)39(43(33)29-35)24-18-31-12-11-13-32(26-31)19-25-40-44-30-36(52(4,5)6)23-21-34(44)28-46-38-15-8-10-17-42(38)50(54)48(40)46/h7-17,20-23,26-30H,1-6H3.